The molecule has 0 amide bonds. The van der Waals surface area contributed by atoms with Crippen LogP contribution in [0.25, 0.3) is 0 Å². The maximum Gasteiger partial charge on any atom is 0.0833 e. The number of hydrogen-bond donors (Lipinski definition) is 1. The van der Waals surface area contributed by atoms with Crippen LogP contribution in [0.4, 0.5) is 0 Å². The molecule has 0 spiro atoms. The summed E-state index contributed by atoms with van der Waals surface area (Å²) in [7, 11) is 0. The van der Waals surface area contributed by atoms with E-state index in [1.54, 1.807) is 0 Å². The van der Waals surface area contributed by atoms with Crippen molar-refractivity contribution < 1.29 is 5.21 Å². The quantitative estimate of drug-likeness (QED) is 0.346. The normalized spacial score (nSPS) is 10.5. The molecule has 0 saturated heterocycles. The molecule has 0 aromatic carbocycles. The second-order valence-electron chi connectivity index (χ2n) is 1.26. The minimum atomic E-state index is 0.965. The lowest BCUT2D eigenvalue weighted by Crippen LogP contribution is -1.67. The fraction of sp³-hybridized carbons (Fsp3) is 0. The molecule has 1 aromatic rings. The van der Waals surface area contributed by atoms with E-state index in [0.29, 0.717) is 0 Å². The molecule has 8 heavy (non-hydrogen) atoms. The van der Waals surface area contributed by atoms with Gasteiger partial charge in [-0.25, -0.2) is 0 Å². The average molecular weight is 127 g/mol. The number of oxime groups is 1. The van der Waals surface area contributed by atoms with Crippen molar-refractivity contribution in [2.24, 2.45) is 5.16 Å². The zero-order valence-electron chi connectivity index (χ0n) is 4.11. The maximum atomic E-state index is 8.01. The van der Waals surface area contributed by atoms with Crippen LogP contribution in [-0.4, -0.2) is 11.4 Å². The van der Waals surface area contributed by atoms with Crippen LogP contribution in [-0.2, 0) is 0 Å². The van der Waals surface area contributed by atoms with Crippen molar-refractivity contribution in [3.05, 3.63) is 22.4 Å². The van der Waals surface area contributed by atoms with Crippen LogP contribution in [0.15, 0.2) is 22.7 Å². The molecule has 2 nitrogen and oxygen atoms in total. The van der Waals surface area contributed by atoms with Gasteiger partial charge in [0.05, 0.1) is 6.21 Å². The second-order valence-corrected chi connectivity index (χ2v) is 2.24. The largest absolute Gasteiger partial charge is 0.411 e. The van der Waals surface area contributed by atoms with Gasteiger partial charge in [0.1, 0.15) is 0 Å². The molecule has 0 aliphatic rings. The van der Waals surface area contributed by atoms with Gasteiger partial charge in [-0.2, -0.15) is 0 Å². The summed E-state index contributed by atoms with van der Waals surface area (Å²) >= 11 is 1.54. The molecule has 0 aliphatic heterocycles. The highest BCUT2D eigenvalue weighted by Crippen LogP contribution is 2.03. The van der Waals surface area contributed by atoms with Crippen molar-refractivity contribution in [1.29, 1.82) is 0 Å². The van der Waals surface area contributed by atoms with Crippen LogP contribution in [0.3, 0.4) is 0 Å². The van der Waals surface area contributed by atoms with E-state index in [1.807, 2.05) is 17.5 Å². The highest BCUT2D eigenvalue weighted by Gasteiger charge is 1.82. The van der Waals surface area contributed by atoms with Gasteiger partial charge in [0.2, 0.25) is 0 Å². The van der Waals surface area contributed by atoms with Crippen molar-refractivity contribution in [2.45, 2.75) is 0 Å². The Hall–Kier alpha value is -0.830. The first-order valence-corrected chi connectivity index (χ1v) is 3.02. The summed E-state index contributed by atoms with van der Waals surface area (Å²) < 4.78 is 0. The zero-order valence-corrected chi connectivity index (χ0v) is 4.93. The Balaban J connectivity index is 2.77. The van der Waals surface area contributed by atoms with Crippen molar-refractivity contribution >= 4 is 17.6 Å². The smallest absolute Gasteiger partial charge is 0.0833 e. The Kier molecular flexibility index (Phi) is 1.64. The molecule has 0 bridgehead atoms. The van der Waals surface area contributed by atoms with Crippen molar-refractivity contribution in [2.75, 3.05) is 0 Å². The lowest BCUT2D eigenvalue weighted by atomic mass is 10.5. The molecule has 1 heterocycles. The highest BCUT2D eigenvalue weighted by atomic mass is 32.1. The van der Waals surface area contributed by atoms with Crippen LogP contribution in [0.2, 0.25) is 0 Å². The van der Waals surface area contributed by atoms with Crippen LogP contribution < -0.4 is 0 Å². The van der Waals surface area contributed by atoms with Gasteiger partial charge in [0.15, 0.2) is 0 Å². The topological polar surface area (TPSA) is 32.6 Å². The summed E-state index contributed by atoms with van der Waals surface area (Å²) in [6, 6.07) is 3.78. The summed E-state index contributed by atoms with van der Waals surface area (Å²) in [5.41, 5.74) is 0. The number of rotatable bonds is 1. The first kappa shape index (κ1) is 5.31. The van der Waals surface area contributed by atoms with E-state index in [1.165, 1.54) is 17.6 Å². The fourth-order valence-electron chi connectivity index (χ4n) is 0.422. The van der Waals surface area contributed by atoms with Crippen LogP contribution in [0.5, 0.6) is 0 Å². The Bertz CT molecular complexity index is 169. The van der Waals surface area contributed by atoms with E-state index in [9.17, 15) is 0 Å². The zero-order chi connectivity index (χ0) is 5.82. The predicted octanol–water partition coefficient (Wildman–Crippen LogP) is 1.56. The summed E-state index contributed by atoms with van der Waals surface area (Å²) in [6.07, 6.45) is 1.41. The van der Waals surface area contributed by atoms with E-state index in [2.05, 4.69) is 5.16 Å². The van der Waals surface area contributed by atoms with E-state index in [0.717, 1.165) is 4.88 Å². The van der Waals surface area contributed by atoms with Crippen LogP contribution in [0, 0.1) is 0 Å². The first-order chi connectivity index (χ1) is 3.93. The third-order valence-corrected chi connectivity index (χ3v) is 1.54. The van der Waals surface area contributed by atoms with Gasteiger partial charge in [-0.15, -0.1) is 11.3 Å². The molecular weight excluding hydrogens is 122 g/mol. The highest BCUT2D eigenvalue weighted by molar-refractivity contribution is 7.11. The number of nitrogens with zero attached hydrogens (tertiary/aromatic N) is 1. The molecule has 0 aliphatic carbocycles. The van der Waals surface area contributed by atoms with Crippen molar-refractivity contribution in [3.8, 4) is 0 Å². The SMILES string of the molecule is O/N=C/c1cccs1. The number of hydrogen-bond acceptors (Lipinski definition) is 3. The Morgan fingerprint density at radius 3 is 3.12 bits per heavy atom. The van der Waals surface area contributed by atoms with Gasteiger partial charge < -0.3 is 5.21 Å². The first-order valence-electron chi connectivity index (χ1n) is 2.14. The minimum Gasteiger partial charge on any atom is -0.411 e. The molecule has 0 atom stereocenters. The maximum absolute atomic E-state index is 8.01. The third-order valence-electron chi connectivity index (χ3n) is 0.728. The van der Waals surface area contributed by atoms with Gasteiger partial charge in [0.25, 0.3) is 0 Å². The lowest BCUT2D eigenvalue weighted by Gasteiger charge is -1.73. The fourth-order valence-corrected chi connectivity index (χ4v) is 1.00. The monoisotopic (exact) mass is 127 g/mol. The van der Waals surface area contributed by atoms with Crippen molar-refractivity contribution in [3.63, 3.8) is 0 Å². The molecular formula is C5H5NOS. The van der Waals surface area contributed by atoms with Gasteiger partial charge in [-0.3, -0.25) is 0 Å². The van der Waals surface area contributed by atoms with E-state index in [-0.39, 0.29) is 0 Å². The molecule has 42 valence electrons. The van der Waals surface area contributed by atoms with E-state index >= 15 is 0 Å². The van der Waals surface area contributed by atoms with Crippen molar-refractivity contribution in [1.82, 2.24) is 0 Å². The molecule has 0 fully saturated rings. The molecule has 0 unspecified atom stereocenters. The van der Waals surface area contributed by atoms with E-state index in [4.69, 9.17) is 5.21 Å². The van der Waals surface area contributed by atoms with Crippen LogP contribution >= 0.6 is 11.3 Å². The number of thiophene rings is 1. The Morgan fingerprint density at radius 2 is 2.62 bits per heavy atom. The summed E-state index contributed by atoms with van der Waals surface area (Å²) in [4.78, 5) is 0.965. The molecule has 0 radical (unpaired) electrons. The van der Waals surface area contributed by atoms with Gasteiger partial charge in [-0.05, 0) is 11.4 Å². The van der Waals surface area contributed by atoms with Gasteiger partial charge in [-0.1, -0.05) is 11.2 Å². The summed E-state index contributed by atoms with van der Waals surface area (Å²) in [5, 5.41) is 12.8. The molecule has 1 N–H and O–H groups in total. The predicted molar refractivity (Wildman–Crippen MR) is 33.7 cm³/mol. The summed E-state index contributed by atoms with van der Waals surface area (Å²) in [6.45, 7) is 0. The average Bonchev–Trinajstić information content (AvgIpc) is 2.19. The second kappa shape index (κ2) is 2.47. The van der Waals surface area contributed by atoms with Crippen LogP contribution in [0.1, 0.15) is 4.88 Å². The summed E-state index contributed by atoms with van der Waals surface area (Å²) in [5.74, 6) is 0. The Labute approximate surface area is 51.1 Å². The molecule has 0 saturated carbocycles. The molecule has 1 aromatic heterocycles. The van der Waals surface area contributed by atoms with Gasteiger partial charge in [0, 0.05) is 4.88 Å². The third kappa shape index (κ3) is 1.07. The standard InChI is InChI=1S/C5H5NOS/c7-6-4-5-2-1-3-8-5/h1-4,7H/b6-4+. The molecule has 1 rings (SSSR count). The lowest BCUT2D eigenvalue weighted by molar-refractivity contribution is 0.322. The van der Waals surface area contributed by atoms with E-state index < -0.39 is 0 Å². The van der Waals surface area contributed by atoms with Gasteiger partial charge >= 0.3 is 0 Å². The Morgan fingerprint density at radius 1 is 1.75 bits per heavy atom. The minimum absolute atomic E-state index is 0.965. The molecule has 3 heteroatoms.